The van der Waals surface area contributed by atoms with Gasteiger partial charge in [0.15, 0.2) is 0 Å². The summed E-state index contributed by atoms with van der Waals surface area (Å²) in [6, 6.07) is 0. The SMILES string of the molecule is O=C(O)CCCCSC1=C[C@H](Cl)CC=C1. The van der Waals surface area contributed by atoms with Crippen LogP contribution in [0.25, 0.3) is 0 Å². The number of allylic oxidation sites excluding steroid dienone is 3. The van der Waals surface area contributed by atoms with Gasteiger partial charge in [0.05, 0.1) is 5.38 Å². The highest BCUT2D eigenvalue weighted by Gasteiger charge is 2.05. The van der Waals surface area contributed by atoms with Crippen molar-refractivity contribution in [3.05, 3.63) is 23.1 Å². The Balaban J connectivity index is 2.10. The van der Waals surface area contributed by atoms with Crippen molar-refractivity contribution in [2.75, 3.05) is 5.75 Å². The molecule has 0 bridgehead atoms. The standard InChI is InChI=1S/C11H15ClO2S/c12-9-4-3-5-10(8-9)15-7-2-1-6-11(13)14/h3,5,8-9H,1-2,4,6-7H2,(H,13,14)/t9-/m1/s1. The van der Waals surface area contributed by atoms with E-state index in [0.717, 1.165) is 25.0 Å². The van der Waals surface area contributed by atoms with Crippen molar-refractivity contribution in [2.24, 2.45) is 0 Å². The van der Waals surface area contributed by atoms with Gasteiger partial charge >= 0.3 is 5.97 Å². The van der Waals surface area contributed by atoms with Crippen molar-refractivity contribution in [2.45, 2.75) is 31.1 Å². The van der Waals surface area contributed by atoms with Crippen LogP contribution >= 0.6 is 23.4 Å². The zero-order chi connectivity index (χ0) is 11.1. The van der Waals surface area contributed by atoms with E-state index >= 15 is 0 Å². The molecular weight excluding hydrogens is 232 g/mol. The molecular formula is C11H15ClO2S. The first-order valence-corrected chi connectivity index (χ1v) is 6.47. The summed E-state index contributed by atoms with van der Waals surface area (Å²) in [5, 5.41) is 8.57. The third-order valence-corrected chi connectivity index (χ3v) is 3.44. The van der Waals surface area contributed by atoms with Crippen LogP contribution < -0.4 is 0 Å². The van der Waals surface area contributed by atoms with Gasteiger partial charge in [-0.25, -0.2) is 0 Å². The highest BCUT2D eigenvalue weighted by Crippen LogP contribution is 2.25. The average molecular weight is 247 g/mol. The lowest BCUT2D eigenvalue weighted by atomic mass is 10.2. The van der Waals surface area contributed by atoms with Gasteiger partial charge in [0, 0.05) is 11.3 Å². The smallest absolute Gasteiger partial charge is 0.303 e. The average Bonchev–Trinajstić information content (AvgIpc) is 2.17. The number of halogens is 1. The van der Waals surface area contributed by atoms with E-state index in [4.69, 9.17) is 16.7 Å². The molecule has 0 saturated carbocycles. The molecule has 0 aliphatic heterocycles. The molecule has 1 N–H and O–H groups in total. The maximum Gasteiger partial charge on any atom is 0.303 e. The predicted octanol–water partition coefficient (Wildman–Crippen LogP) is 3.43. The van der Waals surface area contributed by atoms with Crippen LogP contribution in [0.5, 0.6) is 0 Å². The minimum Gasteiger partial charge on any atom is -0.481 e. The third kappa shape index (κ3) is 5.90. The number of carbonyl (C=O) groups is 1. The molecule has 0 fully saturated rings. The second kappa shape index (κ2) is 6.96. The number of hydrogen-bond donors (Lipinski definition) is 1. The van der Waals surface area contributed by atoms with E-state index in [0.29, 0.717) is 0 Å². The van der Waals surface area contributed by atoms with Gasteiger partial charge in [-0.2, -0.15) is 0 Å². The third-order valence-electron chi connectivity index (χ3n) is 2.04. The van der Waals surface area contributed by atoms with E-state index in [9.17, 15) is 4.79 Å². The fourth-order valence-corrected chi connectivity index (χ4v) is 2.63. The Bertz CT molecular complexity index is 274. The molecule has 0 unspecified atom stereocenters. The van der Waals surface area contributed by atoms with Gasteiger partial charge in [-0.15, -0.1) is 23.4 Å². The lowest BCUT2D eigenvalue weighted by Crippen LogP contribution is -1.97. The van der Waals surface area contributed by atoms with Crippen LogP contribution in [-0.4, -0.2) is 22.2 Å². The Labute approximate surface area is 99.4 Å². The largest absolute Gasteiger partial charge is 0.481 e. The maximum absolute atomic E-state index is 10.3. The molecule has 0 aromatic heterocycles. The van der Waals surface area contributed by atoms with Crippen molar-refractivity contribution in [3.8, 4) is 0 Å². The van der Waals surface area contributed by atoms with Crippen LogP contribution in [0.3, 0.4) is 0 Å². The predicted molar refractivity (Wildman–Crippen MR) is 65.4 cm³/mol. The molecule has 1 atom stereocenters. The second-order valence-corrected chi connectivity index (χ2v) is 5.15. The Morgan fingerprint density at radius 3 is 3.07 bits per heavy atom. The summed E-state index contributed by atoms with van der Waals surface area (Å²) >= 11 is 7.72. The lowest BCUT2D eigenvalue weighted by Gasteiger charge is -2.09. The molecule has 0 spiro atoms. The van der Waals surface area contributed by atoms with Crippen molar-refractivity contribution < 1.29 is 9.90 Å². The topological polar surface area (TPSA) is 37.3 Å². The molecule has 84 valence electrons. The van der Waals surface area contributed by atoms with Crippen molar-refractivity contribution in [1.29, 1.82) is 0 Å². The molecule has 0 heterocycles. The van der Waals surface area contributed by atoms with Crippen molar-refractivity contribution >= 4 is 29.3 Å². The molecule has 2 nitrogen and oxygen atoms in total. The summed E-state index contributed by atoms with van der Waals surface area (Å²) in [4.78, 5) is 11.5. The monoisotopic (exact) mass is 246 g/mol. The molecule has 4 heteroatoms. The number of unbranched alkanes of at least 4 members (excludes halogenated alkanes) is 1. The summed E-state index contributed by atoms with van der Waals surface area (Å²) in [6.45, 7) is 0. The Kier molecular flexibility index (Phi) is 5.88. The highest BCUT2D eigenvalue weighted by atomic mass is 35.5. The molecule has 1 rings (SSSR count). The van der Waals surface area contributed by atoms with Crippen LogP contribution in [0.15, 0.2) is 23.1 Å². The number of carboxylic acids is 1. The van der Waals surface area contributed by atoms with Crippen LogP contribution in [0.4, 0.5) is 0 Å². The van der Waals surface area contributed by atoms with E-state index in [-0.39, 0.29) is 11.8 Å². The zero-order valence-corrected chi connectivity index (χ0v) is 10.1. The summed E-state index contributed by atoms with van der Waals surface area (Å²) < 4.78 is 0. The summed E-state index contributed by atoms with van der Waals surface area (Å²) in [6.07, 6.45) is 9.10. The van der Waals surface area contributed by atoms with E-state index in [2.05, 4.69) is 18.2 Å². The Morgan fingerprint density at radius 2 is 2.40 bits per heavy atom. The number of rotatable bonds is 6. The minimum absolute atomic E-state index is 0.122. The minimum atomic E-state index is -0.711. The summed E-state index contributed by atoms with van der Waals surface area (Å²) in [7, 11) is 0. The Morgan fingerprint density at radius 1 is 1.60 bits per heavy atom. The molecule has 15 heavy (non-hydrogen) atoms. The molecule has 1 aliphatic carbocycles. The molecule has 0 saturated heterocycles. The van der Waals surface area contributed by atoms with E-state index in [1.54, 1.807) is 11.8 Å². The fourth-order valence-electron chi connectivity index (χ4n) is 1.28. The maximum atomic E-state index is 10.3. The summed E-state index contributed by atoms with van der Waals surface area (Å²) in [5.41, 5.74) is 0. The zero-order valence-electron chi connectivity index (χ0n) is 8.49. The van der Waals surface area contributed by atoms with Crippen molar-refractivity contribution in [1.82, 2.24) is 0 Å². The van der Waals surface area contributed by atoms with Gasteiger partial charge < -0.3 is 5.11 Å². The van der Waals surface area contributed by atoms with Gasteiger partial charge in [0.2, 0.25) is 0 Å². The van der Waals surface area contributed by atoms with Gasteiger partial charge in [0.1, 0.15) is 0 Å². The second-order valence-electron chi connectivity index (χ2n) is 3.42. The first-order valence-electron chi connectivity index (χ1n) is 5.05. The lowest BCUT2D eigenvalue weighted by molar-refractivity contribution is -0.137. The number of thioether (sulfide) groups is 1. The van der Waals surface area contributed by atoms with Crippen LogP contribution in [0, 0.1) is 0 Å². The van der Waals surface area contributed by atoms with Crippen LogP contribution in [0.2, 0.25) is 0 Å². The van der Waals surface area contributed by atoms with Crippen molar-refractivity contribution in [3.63, 3.8) is 0 Å². The van der Waals surface area contributed by atoms with E-state index in [1.807, 2.05) is 0 Å². The van der Waals surface area contributed by atoms with Gasteiger partial charge in [0.25, 0.3) is 0 Å². The van der Waals surface area contributed by atoms with Crippen LogP contribution in [-0.2, 0) is 4.79 Å². The van der Waals surface area contributed by atoms with E-state index < -0.39 is 5.97 Å². The highest BCUT2D eigenvalue weighted by molar-refractivity contribution is 8.03. The van der Waals surface area contributed by atoms with Gasteiger partial charge in [-0.1, -0.05) is 18.2 Å². The molecule has 0 aromatic carbocycles. The quantitative estimate of drug-likeness (QED) is 0.576. The van der Waals surface area contributed by atoms with Crippen LogP contribution in [0.1, 0.15) is 25.7 Å². The number of carboxylic acid groups (broad SMARTS) is 1. The van der Waals surface area contributed by atoms with Gasteiger partial charge in [-0.3, -0.25) is 4.79 Å². The summed E-state index contributed by atoms with van der Waals surface area (Å²) in [5.74, 6) is 0.255. The Hall–Kier alpha value is -0.410. The fraction of sp³-hybridized carbons (Fsp3) is 0.545. The first-order chi connectivity index (χ1) is 7.18. The van der Waals surface area contributed by atoms with E-state index in [1.165, 1.54) is 4.91 Å². The number of alkyl halides is 1. The number of aliphatic carboxylic acids is 1. The molecule has 0 aromatic rings. The molecule has 1 aliphatic rings. The molecule has 0 radical (unpaired) electrons. The first kappa shape index (κ1) is 12.7. The van der Waals surface area contributed by atoms with Gasteiger partial charge in [-0.05, 0) is 25.0 Å². The number of hydrogen-bond acceptors (Lipinski definition) is 2. The molecule has 0 amide bonds. The normalized spacial score (nSPS) is 20.1.